The standard InChI is InChI=1S/C15H17ClO3/c16-12-6-3-5-11(8-12)14(17)9-10-4-1-2-7-13(10)15(18)19/h3,5-6,8,10,13H,1-2,4,7,9H2,(H,18,19)/t10-,13-/m0/s1. The number of ketones is 1. The van der Waals surface area contributed by atoms with Crippen LogP contribution in [0.15, 0.2) is 24.3 Å². The molecule has 1 N–H and O–H groups in total. The summed E-state index contributed by atoms with van der Waals surface area (Å²) in [6.07, 6.45) is 3.76. The van der Waals surface area contributed by atoms with Crippen molar-refractivity contribution in [1.82, 2.24) is 0 Å². The van der Waals surface area contributed by atoms with Crippen LogP contribution in [0.25, 0.3) is 0 Å². The van der Waals surface area contributed by atoms with E-state index in [1.807, 2.05) is 0 Å². The average molecular weight is 281 g/mol. The second kappa shape index (κ2) is 6.20. The lowest BCUT2D eigenvalue weighted by Gasteiger charge is -2.27. The average Bonchev–Trinajstić information content (AvgIpc) is 2.39. The molecule has 0 unspecified atom stereocenters. The Kier molecular flexibility index (Phi) is 4.59. The van der Waals surface area contributed by atoms with Crippen molar-refractivity contribution in [3.05, 3.63) is 34.9 Å². The highest BCUT2D eigenvalue weighted by atomic mass is 35.5. The summed E-state index contributed by atoms with van der Waals surface area (Å²) in [5.41, 5.74) is 0.571. The van der Waals surface area contributed by atoms with Crippen molar-refractivity contribution in [2.24, 2.45) is 11.8 Å². The molecule has 102 valence electrons. The highest BCUT2D eigenvalue weighted by molar-refractivity contribution is 6.31. The minimum absolute atomic E-state index is 0.0133. The molecule has 3 nitrogen and oxygen atoms in total. The molecule has 1 aromatic rings. The Bertz CT molecular complexity index is 484. The monoisotopic (exact) mass is 280 g/mol. The Morgan fingerprint density at radius 3 is 2.68 bits per heavy atom. The molecule has 0 bridgehead atoms. The summed E-state index contributed by atoms with van der Waals surface area (Å²) < 4.78 is 0. The fourth-order valence-electron chi connectivity index (χ4n) is 2.80. The molecule has 0 aromatic heterocycles. The van der Waals surface area contributed by atoms with Crippen LogP contribution in [0.4, 0.5) is 0 Å². The van der Waals surface area contributed by atoms with E-state index in [0.717, 1.165) is 19.3 Å². The summed E-state index contributed by atoms with van der Waals surface area (Å²) >= 11 is 5.86. The number of carboxylic acids is 1. The quantitative estimate of drug-likeness (QED) is 0.854. The van der Waals surface area contributed by atoms with Gasteiger partial charge in [-0.2, -0.15) is 0 Å². The largest absolute Gasteiger partial charge is 0.481 e. The fourth-order valence-corrected chi connectivity index (χ4v) is 2.99. The number of carbonyl (C=O) groups excluding carboxylic acids is 1. The van der Waals surface area contributed by atoms with Gasteiger partial charge in [-0.15, -0.1) is 0 Å². The molecule has 0 heterocycles. The number of Topliss-reactive ketones (excluding diaryl/α,β-unsaturated/α-hetero) is 1. The van der Waals surface area contributed by atoms with Crippen LogP contribution in [0.5, 0.6) is 0 Å². The fraction of sp³-hybridized carbons (Fsp3) is 0.467. The van der Waals surface area contributed by atoms with Crippen LogP contribution in [0.2, 0.25) is 5.02 Å². The topological polar surface area (TPSA) is 54.4 Å². The first kappa shape index (κ1) is 14.1. The minimum Gasteiger partial charge on any atom is -0.481 e. The van der Waals surface area contributed by atoms with Gasteiger partial charge in [0.1, 0.15) is 0 Å². The van der Waals surface area contributed by atoms with Crippen LogP contribution in [0.3, 0.4) is 0 Å². The van der Waals surface area contributed by atoms with Crippen molar-refractivity contribution in [2.75, 3.05) is 0 Å². The van der Waals surface area contributed by atoms with Gasteiger partial charge in [0, 0.05) is 17.0 Å². The maximum absolute atomic E-state index is 12.2. The van der Waals surface area contributed by atoms with Gasteiger partial charge in [-0.25, -0.2) is 0 Å². The predicted molar refractivity (Wildman–Crippen MR) is 73.5 cm³/mol. The van der Waals surface area contributed by atoms with Crippen LogP contribution in [-0.2, 0) is 4.79 Å². The van der Waals surface area contributed by atoms with Gasteiger partial charge >= 0.3 is 5.97 Å². The Labute approximate surface area is 117 Å². The Morgan fingerprint density at radius 1 is 1.26 bits per heavy atom. The van der Waals surface area contributed by atoms with E-state index in [9.17, 15) is 14.7 Å². The smallest absolute Gasteiger partial charge is 0.306 e. The number of hydrogen-bond acceptors (Lipinski definition) is 2. The third kappa shape index (κ3) is 3.57. The van der Waals surface area contributed by atoms with Crippen molar-refractivity contribution < 1.29 is 14.7 Å². The second-order valence-corrected chi connectivity index (χ2v) is 5.56. The number of carboxylic acid groups (broad SMARTS) is 1. The summed E-state index contributed by atoms with van der Waals surface area (Å²) in [5.74, 6) is -1.21. The van der Waals surface area contributed by atoms with Gasteiger partial charge < -0.3 is 5.11 Å². The number of benzene rings is 1. The summed E-state index contributed by atoms with van der Waals surface area (Å²) in [6.45, 7) is 0. The number of aliphatic carboxylic acids is 1. The number of hydrogen-bond donors (Lipinski definition) is 1. The summed E-state index contributed by atoms with van der Waals surface area (Å²) in [7, 11) is 0. The van der Waals surface area contributed by atoms with Crippen molar-refractivity contribution in [3.8, 4) is 0 Å². The number of carbonyl (C=O) groups is 2. The van der Waals surface area contributed by atoms with Gasteiger partial charge in [0.15, 0.2) is 5.78 Å². The summed E-state index contributed by atoms with van der Waals surface area (Å²) in [4.78, 5) is 23.4. The molecule has 0 amide bonds. The lowest BCUT2D eigenvalue weighted by molar-refractivity contribution is -0.144. The van der Waals surface area contributed by atoms with Gasteiger partial charge in [0.2, 0.25) is 0 Å². The predicted octanol–water partition coefficient (Wildman–Crippen LogP) is 3.80. The van der Waals surface area contributed by atoms with Gasteiger partial charge in [-0.3, -0.25) is 9.59 Å². The van der Waals surface area contributed by atoms with Crippen LogP contribution >= 0.6 is 11.6 Å². The van der Waals surface area contributed by atoms with E-state index in [4.69, 9.17) is 11.6 Å². The Morgan fingerprint density at radius 2 is 2.00 bits per heavy atom. The second-order valence-electron chi connectivity index (χ2n) is 5.13. The first-order valence-electron chi connectivity index (χ1n) is 6.59. The highest BCUT2D eigenvalue weighted by Crippen LogP contribution is 2.33. The van der Waals surface area contributed by atoms with Crippen molar-refractivity contribution >= 4 is 23.4 Å². The zero-order valence-electron chi connectivity index (χ0n) is 10.6. The molecule has 4 heteroatoms. The van der Waals surface area contributed by atoms with E-state index in [1.54, 1.807) is 24.3 Å². The normalized spacial score (nSPS) is 23.0. The summed E-state index contributed by atoms with van der Waals surface area (Å²) in [6, 6.07) is 6.83. The van der Waals surface area contributed by atoms with Crippen LogP contribution in [0.1, 0.15) is 42.5 Å². The van der Waals surface area contributed by atoms with Crippen LogP contribution in [-0.4, -0.2) is 16.9 Å². The van der Waals surface area contributed by atoms with Crippen molar-refractivity contribution in [1.29, 1.82) is 0 Å². The molecule has 19 heavy (non-hydrogen) atoms. The molecule has 0 saturated heterocycles. The third-order valence-corrected chi connectivity index (χ3v) is 4.06. The van der Waals surface area contributed by atoms with E-state index >= 15 is 0 Å². The molecule has 0 radical (unpaired) electrons. The molecule has 1 aliphatic rings. The molecular formula is C15H17ClO3. The van der Waals surface area contributed by atoms with Crippen LogP contribution in [0, 0.1) is 11.8 Å². The molecule has 1 saturated carbocycles. The summed E-state index contributed by atoms with van der Waals surface area (Å²) in [5, 5.41) is 9.74. The van der Waals surface area contributed by atoms with Gasteiger partial charge in [-0.1, -0.05) is 36.6 Å². The lowest BCUT2D eigenvalue weighted by Crippen LogP contribution is -2.28. The van der Waals surface area contributed by atoms with Gasteiger partial charge in [-0.05, 0) is 30.9 Å². The number of rotatable bonds is 4. The Hall–Kier alpha value is -1.35. The van der Waals surface area contributed by atoms with Gasteiger partial charge in [0.25, 0.3) is 0 Å². The third-order valence-electron chi connectivity index (χ3n) is 3.82. The molecule has 0 aliphatic heterocycles. The van der Waals surface area contributed by atoms with E-state index in [0.29, 0.717) is 23.4 Å². The number of halogens is 1. The molecule has 1 fully saturated rings. The molecule has 1 aliphatic carbocycles. The van der Waals surface area contributed by atoms with Crippen LogP contribution < -0.4 is 0 Å². The highest BCUT2D eigenvalue weighted by Gasteiger charge is 2.32. The van der Waals surface area contributed by atoms with Crippen molar-refractivity contribution in [2.45, 2.75) is 32.1 Å². The van der Waals surface area contributed by atoms with E-state index < -0.39 is 5.97 Å². The molecule has 2 atom stereocenters. The molecule has 1 aromatic carbocycles. The zero-order valence-corrected chi connectivity index (χ0v) is 11.4. The Balaban J connectivity index is 2.07. The zero-order chi connectivity index (χ0) is 13.8. The van der Waals surface area contributed by atoms with E-state index in [1.165, 1.54) is 0 Å². The maximum atomic E-state index is 12.2. The lowest BCUT2D eigenvalue weighted by atomic mass is 9.76. The van der Waals surface area contributed by atoms with E-state index in [2.05, 4.69) is 0 Å². The molecule has 0 spiro atoms. The van der Waals surface area contributed by atoms with E-state index in [-0.39, 0.29) is 17.6 Å². The molecule has 2 rings (SSSR count). The van der Waals surface area contributed by atoms with Gasteiger partial charge in [0.05, 0.1) is 5.92 Å². The first-order chi connectivity index (χ1) is 9.08. The molecular weight excluding hydrogens is 264 g/mol. The SMILES string of the molecule is O=C(C[C@@H]1CCCC[C@@H]1C(=O)O)c1cccc(Cl)c1. The maximum Gasteiger partial charge on any atom is 0.306 e. The first-order valence-corrected chi connectivity index (χ1v) is 6.97. The minimum atomic E-state index is -0.774. The van der Waals surface area contributed by atoms with Crippen molar-refractivity contribution in [3.63, 3.8) is 0 Å².